The number of hydrogen-bond acceptors (Lipinski definition) is 5. The number of aliphatic hydroxyl groups is 1. The summed E-state index contributed by atoms with van der Waals surface area (Å²) in [5.74, 6) is 0. The third-order valence-corrected chi connectivity index (χ3v) is 3.83. The Hall–Kier alpha value is -0.950. The lowest BCUT2D eigenvalue weighted by Gasteiger charge is -2.34. The molecule has 0 amide bonds. The van der Waals surface area contributed by atoms with E-state index in [1.807, 2.05) is 17.8 Å². The van der Waals surface area contributed by atoms with Gasteiger partial charge in [0.25, 0.3) is 0 Å². The van der Waals surface area contributed by atoms with Crippen LogP contribution in [-0.4, -0.2) is 64.8 Å². The van der Waals surface area contributed by atoms with Crippen molar-refractivity contribution in [1.29, 1.82) is 0 Å². The fraction of sp³-hybridized carbons (Fsp3) is 0.812. The van der Waals surface area contributed by atoms with Gasteiger partial charge in [-0.2, -0.15) is 5.10 Å². The van der Waals surface area contributed by atoms with Crippen LogP contribution in [0.25, 0.3) is 0 Å². The van der Waals surface area contributed by atoms with Crippen LogP contribution in [0.3, 0.4) is 0 Å². The van der Waals surface area contributed by atoms with E-state index in [2.05, 4.69) is 42.3 Å². The highest BCUT2D eigenvalue weighted by Gasteiger charge is 2.25. The van der Waals surface area contributed by atoms with Crippen molar-refractivity contribution < 1.29 is 9.84 Å². The number of hydrogen-bond donors (Lipinski definition) is 2. The standard InChI is InChI=1S/C16H30N4O2/c1-15(2,3)20-11-14(10-18-20)9-17-12-16(4,21)13-19-5-7-22-8-6-19/h10-11,17,21H,5-9,12-13H2,1-4H3. The van der Waals surface area contributed by atoms with E-state index in [1.54, 1.807) is 0 Å². The van der Waals surface area contributed by atoms with Gasteiger partial charge in [0.2, 0.25) is 0 Å². The van der Waals surface area contributed by atoms with Crippen LogP contribution in [0.4, 0.5) is 0 Å². The number of nitrogens with one attached hydrogen (secondary N) is 1. The van der Waals surface area contributed by atoms with Gasteiger partial charge < -0.3 is 15.2 Å². The Kier molecular flexibility index (Phi) is 5.60. The molecule has 126 valence electrons. The molecule has 1 saturated heterocycles. The van der Waals surface area contributed by atoms with Gasteiger partial charge >= 0.3 is 0 Å². The van der Waals surface area contributed by atoms with Gasteiger partial charge in [-0.3, -0.25) is 9.58 Å². The Morgan fingerprint density at radius 3 is 2.55 bits per heavy atom. The first-order chi connectivity index (χ1) is 10.3. The summed E-state index contributed by atoms with van der Waals surface area (Å²) in [5, 5.41) is 18.2. The summed E-state index contributed by atoms with van der Waals surface area (Å²) in [4.78, 5) is 2.25. The smallest absolute Gasteiger partial charge is 0.0869 e. The van der Waals surface area contributed by atoms with E-state index in [9.17, 15) is 5.11 Å². The summed E-state index contributed by atoms with van der Waals surface area (Å²) in [6, 6.07) is 0. The number of β-amino-alcohol motifs (C(OH)–C–C–N with tert-alkyl or cyclic N) is 1. The molecular weight excluding hydrogens is 280 g/mol. The highest BCUT2D eigenvalue weighted by Crippen LogP contribution is 2.13. The Morgan fingerprint density at radius 2 is 1.95 bits per heavy atom. The Labute approximate surface area is 133 Å². The van der Waals surface area contributed by atoms with Crippen LogP contribution in [0.1, 0.15) is 33.3 Å². The molecule has 22 heavy (non-hydrogen) atoms. The predicted molar refractivity (Wildman–Crippen MR) is 86.8 cm³/mol. The molecule has 1 aliphatic heterocycles. The summed E-state index contributed by atoms with van der Waals surface area (Å²) < 4.78 is 7.30. The van der Waals surface area contributed by atoms with Crippen LogP contribution in [0.5, 0.6) is 0 Å². The summed E-state index contributed by atoms with van der Waals surface area (Å²) in [6.07, 6.45) is 3.94. The van der Waals surface area contributed by atoms with E-state index < -0.39 is 5.60 Å². The van der Waals surface area contributed by atoms with E-state index >= 15 is 0 Å². The molecule has 0 aliphatic carbocycles. The van der Waals surface area contributed by atoms with E-state index in [0.29, 0.717) is 13.1 Å². The molecule has 1 atom stereocenters. The molecular formula is C16H30N4O2. The molecule has 0 aromatic carbocycles. The Morgan fingerprint density at radius 1 is 1.27 bits per heavy atom. The summed E-state index contributed by atoms with van der Waals surface area (Å²) in [7, 11) is 0. The minimum Gasteiger partial charge on any atom is -0.388 e. The zero-order valence-corrected chi connectivity index (χ0v) is 14.3. The molecule has 1 aromatic heterocycles. The van der Waals surface area contributed by atoms with Crippen LogP contribution >= 0.6 is 0 Å². The molecule has 6 heteroatoms. The van der Waals surface area contributed by atoms with Crippen LogP contribution in [0, 0.1) is 0 Å². The highest BCUT2D eigenvalue weighted by molar-refractivity contribution is 5.05. The van der Waals surface area contributed by atoms with Crippen molar-refractivity contribution in [2.24, 2.45) is 0 Å². The fourth-order valence-corrected chi connectivity index (χ4v) is 2.59. The van der Waals surface area contributed by atoms with Gasteiger partial charge in [-0.1, -0.05) is 0 Å². The largest absolute Gasteiger partial charge is 0.388 e. The van der Waals surface area contributed by atoms with Crippen LogP contribution in [0.15, 0.2) is 12.4 Å². The van der Waals surface area contributed by atoms with Crippen molar-refractivity contribution in [3.8, 4) is 0 Å². The van der Waals surface area contributed by atoms with Crippen molar-refractivity contribution >= 4 is 0 Å². The van der Waals surface area contributed by atoms with Gasteiger partial charge in [0, 0.05) is 44.5 Å². The lowest BCUT2D eigenvalue weighted by molar-refractivity contribution is -0.0219. The minimum atomic E-state index is -0.739. The molecule has 6 nitrogen and oxygen atoms in total. The number of ether oxygens (including phenoxy) is 1. The van der Waals surface area contributed by atoms with Gasteiger partial charge in [-0.25, -0.2) is 0 Å². The van der Waals surface area contributed by atoms with E-state index in [-0.39, 0.29) is 5.54 Å². The number of nitrogens with zero attached hydrogens (tertiary/aromatic N) is 3. The monoisotopic (exact) mass is 310 g/mol. The number of morpholine rings is 1. The second-order valence-corrected chi connectivity index (χ2v) is 7.45. The fourth-order valence-electron chi connectivity index (χ4n) is 2.59. The van der Waals surface area contributed by atoms with Gasteiger partial charge in [0.05, 0.1) is 30.6 Å². The van der Waals surface area contributed by atoms with E-state index in [1.165, 1.54) is 0 Å². The van der Waals surface area contributed by atoms with E-state index in [0.717, 1.165) is 38.4 Å². The van der Waals surface area contributed by atoms with Crippen molar-refractivity contribution in [3.63, 3.8) is 0 Å². The van der Waals surface area contributed by atoms with Gasteiger partial charge in [-0.15, -0.1) is 0 Å². The van der Waals surface area contributed by atoms with Gasteiger partial charge in [0.1, 0.15) is 0 Å². The molecule has 0 radical (unpaired) electrons. The van der Waals surface area contributed by atoms with Gasteiger partial charge in [0.15, 0.2) is 0 Å². The number of rotatable bonds is 6. The van der Waals surface area contributed by atoms with Crippen molar-refractivity contribution in [1.82, 2.24) is 20.0 Å². The Bertz CT molecular complexity index is 459. The first-order valence-corrected chi connectivity index (χ1v) is 8.03. The molecule has 1 unspecified atom stereocenters. The molecule has 0 bridgehead atoms. The van der Waals surface area contributed by atoms with Crippen molar-refractivity contribution in [3.05, 3.63) is 18.0 Å². The molecule has 2 heterocycles. The second kappa shape index (κ2) is 7.08. The van der Waals surface area contributed by atoms with Crippen LogP contribution in [0.2, 0.25) is 0 Å². The summed E-state index contributed by atoms with van der Waals surface area (Å²) in [5.41, 5.74) is 0.398. The molecule has 1 fully saturated rings. The average Bonchev–Trinajstić information content (AvgIpc) is 2.88. The summed E-state index contributed by atoms with van der Waals surface area (Å²) >= 11 is 0. The quantitative estimate of drug-likeness (QED) is 0.814. The Balaban J connectivity index is 1.75. The lowest BCUT2D eigenvalue weighted by atomic mass is 10.1. The zero-order chi connectivity index (χ0) is 16.2. The van der Waals surface area contributed by atoms with Gasteiger partial charge in [-0.05, 0) is 27.7 Å². The molecule has 0 spiro atoms. The lowest BCUT2D eigenvalue weighted by Crippen LogP contribution is -2.50. The number of aromatic nitrogens is 2. The molecule has 0 saturated carbocycles. The molecule has 1 aliphatic rings. The average molecular weight is 310 g/mol. The molecule has 1 aromatic rings. The van der Waals surface area contributed by atoms with Crippen molar-refractivity contribution in [2.45, 2.75) is 45.4 Å². The first kappa shape index (κ1) is 17.4. The highest BCUT2D eigenvalue weighted by atomic mass is 16.5. The minimum absolute atomic E-state index is 0.0000756. The van der Waals surface area contributed by atoms with E-state index in [4.69, 9.17) is 4.74 Å². The maximum atomic E-state index is 10.5. The van der Waals surface area contributed by atoms with Crippen LogP contribution < -0.4 is 5.32 Å². The molecule has 2 N–H and O–H groups in total. The normalized spacial score (nSPS) is 20.0. The maximum absolute atomic E-state index is 10.5. The molecule has 2 rings (SSSR count). The topological polar surface area (TPSA) is 62.5 Å². The zero-order valence-electron chi connectivity index (χ0n) is 14.3. The third-order valence-electron chi connectivity index (χ3n) is 3.83. The summed E-state index contributed by atoms with van der Waals surface area (Å²) in [6.45, 7) is 13.5. The second-order valence-electron chi connectivity index (χ2n) is 7.45. The third kappa shape index (κ3) is 5.35. The van der Waals surface area contributed by atoms with Crippen molar-refractivity contribution in [2.75, 3.05) is 39.4 Å². The maximum Gasteiger partial charge on any atom is 0.0869 e. The SMILES string of the molecule is CC(O)(CNCc1cnn(C(C)(C)C)c1)CN1CCOCC1. The van der Waals surface area contributed by atoms with Crippen LogP contribution in [-0.2, 0) is 16.8 Å². The predicted octanol–water partition coefficient (Wildman–Crippen LogP) is 0.811. The first-order valence-electron chi connectivity index (χ1n) is 8.03.